The summed E-state index contributed by atoms with van der Waals surface area (Å²) in [7, 11) is 7.24. The Morgan fingerprint density at radius 1 is 1.32 bits per heavy atom. The Balaban J connectivity index is 2.31. The molecule has 1 N–H and O–H groups in total. The molecule has 1 aromatic carbocycles. The van der Waals surface area contributed by atoms with Crippen molar-refractivity contribution in [1.82, 2.24) is 10.3 Å². The Hall–Kier alpha value is -1.73. The quantitative estimate of drug-likeness (QED) is 0.714. The Labute approximate surface area is 153 Å². The van der Waals surface area contributed by atoms with Crippen LogP contribution in [0.5, 0.6) is 11.5 Å². The Morgan fingerprint density at radius 2 is 2.04 bits per heavy atom. The first-order valence-electron chi connectivity index (χ1n) is 8.34. The van der Waals surface area contributed by atoms with Gasteiger partial charge in [-0.15, -0.1) is 11.8 Å². The molecule has 0 saturated heterocycles. The number of benzene rings is 1. The number of hydrazone groups is 1. The summed E-state index contributed by atoms with van der Waals surface area (Å²) in [5.74, 6) is 1.35. The molecule has 0 aromatic heterocycles. The van der Waals surface area contributed by atoms with Gasteiger partial charge in [0.2, 0.25) is 0 Å². The van der Waals surface area contributed by atoms with Crippen molar-refractivity contribution >= 4 is 23.8 Å². The first-order chi connectivity index (χ1) is 12.0. The summed E-state index contributed by atoms with van der Waals surface area (Å²) >= 11 is 1.64. The first-order valence-corrected chi connectivity index (χ1v) is 9.22. The minimum Gasteiger partial charge on any atom is -0.493 e. The number of hydrogen-bond acceptors (Lipinski definition) is 7. The van der Waals surface area contributed by atoms with Crippen LogP contribution in [0.15, 0.2) is 23.3 Å². The van der Waals surface area contributed by atoms with Crippen molar-refractivity contribution in [3.8, 4) is 11.5 Å². The number of nitrogens with one attached hydrogen (secondary N) is 1. The van der Waals surface area contributed by atoms with Gasteiger partial charge < -0.3 is 14.4 Å². The zero-order valence-electron chi connectivity index (χ0n) is 15.5. The van der Waals surface area contributed by atoms with Crippen molar-refractivity contribution in [3.05, 3.63) is 23.8 Å². The third-order valence-electron chi connectivity index (χ3n) is 4.19. The lowest BCUT2D eigenvalue weighted by atomic mass is 10.0. The summed E-state index contributed by atoms with van der Waals surface area (Å²) in [4.78, 5) is 13.2. The summed E-state index contributed by atoms with van der Waals surface area (Å²) in [6, 6.07) is 5.77. The van der Waals surface area contributed by atoms with E-state index < -0.39 is 4.87 Å². The predicted molar refractivity (Wildman–Crippen MR) is 103 cm³/mol. The lowest BCUT2D eigenvalue weighted by Crippen LogP contribution is -2.49. The second-order valence-electron chi connectivity index (χ2n) is 6.25. The van der Waals surface area contributed by atoms with Crippen LogP contribution in [0.4, 0.5) is 0 Å². The molecule has 138 valence electrons. The van der Waals surface area contributed by atoms with E-state index in [1.54, 1.807) is 26.0 Å². The van der Waals surface area contributed by atoms with Crippen molar-refractivity contribution in [3.63, 3.8) is 0 Å². The van der Waals surface area contributed by atoms with Crippen molar-refractivity contribution in [2.45, 2.75) is 29.9 Å². The summed E-state index contributed by atoms with van der Waals surface area (Å²) < 4.78 is 10.7. The number of hydrogen-bond donors (Lipinski definition) is 1. The molecule has 2 rings (SSSR count). The largest absolute Gasteiger partial charge is 0.493 e. The number of methoxy groups -OCH3 is 2. The molecule has 6 nitrogen and oxygen atoms in total. The molecule has 0 bridgehead atoms. The molecule has 0 radical (unpaired) electrons. The van der Waals surface area contributed by atoms with Gasteiger partial charge in [0.05, 0.1) is 25.2 Å². The topological polar surface area (TPSA) is 63.2 Å². The second-order valence-corrected chi connectivity index (χ2v) is 7.79. The van der Waals surface area contributed by atoms with Crippen LogP contribution in [0.25, 0.3) is 0 Å². The molecule has 7 heteroatoms. The monoisotopic (exact) mass is 365 g/mol. The van der Waals surface area contributed by atoms with Gasteiger partial charge in [-0.2, -0.15) is 5.10 Å². The maximum atomic E-state index is 11.8. The molecule has 25 heavy (non-hydrogen) atoms. The van der Waals surface area contributed by atoms with E-state index in [0.29, 0.717) is 17.9 Å². The third-order valence-corrected chi connectivity index (χ3v) is 5.85. The number of thioether (sulfide) groups is 1. The lowest BCUT2D eigenvalue weighted by molar-refractivity contribution is -0.110. The fourth-order valence-electron chi connectivity index (χ4n) is 2.70. The predicted octanol–water partition coefficient (Wildman–Crippen LogP) is 2.37. The summed E-state index contributed by atoms with van der Waals surface area (Å²) in [6.45, 7) is 2.93. The zero-order valence-corrected chi connectivity index (χ0v) is 16.4. The molecule has 1 aliphatic heterocycles. The van der Waals surface area contributed by atoms with Gasteiger partial charge in [0.25, 0.3) is 0 Å². The first kappa shape index (κ1) is 19.6. The molecule has 0 amide bonds. The SMILES string of the molecule is CCC1SC(C=O)(CCN(C)C)NN=C1c1ccc(OC)c(OC)c1. The van der Waals surface area contributed by atoms with Crippen LogP contribution in [-0.4, -0.2) is 61.9 Å². The average Bonchev–Trinajstić information content (AvgIpc) is 2.65. The standard InChI is InChI=1S/C18H27N3O3S/c1-6-16-17(13-7-8-14(23-4)15(11-13)24-5)19-20-18(12-22,25-16)9-10-21(2)3/h7-8,11-12,16,20H,6,9-10H2,1-5H3. The van der Waals surface area contributed by atoms with Crippen LogP contribution in [0, 0.1) is 0 Å². The Kier molecular flexibility index (Phi) is 6.72. The van der Waals surface area contributed by atoms with Gasteiger partial charge >= 0.3 is 0 Å². The fourth-order valence-corrected chi connectivity index (χ4v) is 4.04. The van der Waals surface area contributed by atoms with Gasteiger partial charge in [0.15, 0.2) is 22.7 Å². The van der Waals surface area contributed by atoms with Crippen LogP contribution < -0.4 is 14.9 Å². The molecule has 1 aliphatic rings. The van der Waals surface area contributed by atoms with Crippen LogP contribution in [0.3, 0.4) is 0 Å². The second kappa shape index (κ2) is 8.58. The maximum Gasteiger partial charge on any atom is 0.161 e. The molecule has 2 unspecified atom stereocenters. The molecular formula is C18H27N3O3S. The van der Waals surface area contributed by atoms with E-state index in [1.807, 2.05) is 32.3 Å². The van der Waals surface area contributed by atoms with Gasteiger partial charge in [0, 0.05) is 18.5 Å². The van der Waals surface area contributed by atoms with Crippen LogP contribution in [0.1, 0.15) is 25.3 Å². The highest BCUT2D eigenvalue weighted by Crippen LogP contribution is 2.37. The number of rotatable bonds is 8. The smallest absolute Gasteiger partial charge is 0.161 e. The summed E-state index contributed by atoms with van der Waals surface area (Å²) in [5.41, 5.74) is 5.00. The van der Waals surface area contributed by atoms with Gasteiger partial charge in [-0.05, 0) is 38.7 Å². The van der Waals surface area contributed by atoms with E-state index in [1.165, 1.54) is 0 Å². The molecule has 1 heterocycles. The molecular weight excluding hydrogens is 338 g/mol. The summed E-state index contributed by atoms with van der Waals surface area (Å²) in [6.07, 6.45) is 2.57. The lowest BCUT2D eigenvalue weighted by Gasteiger charge is -2.36. The van der Waals surface area contributed by atoms with Gasteiger partial charge in [0.1, 0.15) is 0 Å². The van der Waals surface area contributed by atoms with E-state index in [4.69, 9.17) is 9.47 Å². The van der Waals surface area contributed by atoms with E-state index in [2.05, 4.69) is 22.4 Å². The van der Waals surface area contributed by atoms with E-state index >= 15 is 0 Å². The average molecular weight is 365 g/mol. The highest BCUT2D eigenvalue weighted by atomic mass is 32.2. The fraction of sp³-hybridized carbons (Fsp3) is 0.556. The number of ether oxygens (including phenoxy) is 2. The Morgan fingerprint density at radius 3 is 2.60 bits per heavy atom. The minimum absolute atomic E-state index is 0.131. The van der Waals surface area contributed by atoms with Crippen molar-refractivity contribution < 1.29 is 14.3 Å². The van der Waals surface area contributed by atoms with Crippen molar-refractivity contribution in [2.24, 2.45) is 5.10 Å². The number of carbonyl (C=O) groups is 1. The van der Waals surface area contributed by atoms with Crippen molar-refractivity contribution in [1.29, 1.82) is 0 Å². The van der Waals surface area contributed by atoms with Gasteiger partial charge in [-0.3, -0.25) is 10.2 Å². The summed E-state index contributed by atoms with van der Waals surface area (Å²) in [5, 5.41) is 4.72. The number of carbonyl (C=O) groups excluding carboxylic acids is 1. The molecule has 0 fully saturated rings. The third kappa shape index (κ3) is 4.46. The highest BCUT2D eigenvalue weighted by Gasteiger charge is 2.38. The molecule has 0 saturated carbocycles. The number of nitrogens with zero attached hydrogens (tertiary/aromatic N) is 2. The van der Waals surface area contributed by atoms with Crippen LogP contribution in [0.2, 0.25) is 0 Å². The van der Waals surface area contributed by atoms with Crippen LogP contribution in [-0.2, 0) is 4.79 Å². The van der Waals surface area contributed by atoms with E-state index in [-0.39, 0.29) is 5.25 Å². The van der Waals surface area contributed by atoms with Crippen LogP contribution >= 0.6 is 11.8 Å². The van der Waals surface area contributed by atoms with Gasteiger partial charge in [-0.25, -0.2) is 0 Å². The zero-order chi connectivity index (χ0) is 18.4. The minimum atomic E-state index is -0.676. The van der Waals surface area contributed by atoms with E-state index in [0.717, 1.165) is 30.5 Å². The maximum absolute atomic E-state index is 11.8. The van der Waals surface area contributed by atoms with E-state index in [9.17, 15) is 4.79 Å². The van der Waals surface area contributed by atoms with Gasteiger partial charge in [-0.1, -0.05) is 6.92 Å². The normalized spacial score (nSPS) is 23.0. The molecule has 1 aromatic rings. The highest BCUT2D eigenvalue weighted by molar-refractivity contribution is 8.02. The van der Waals surface area contributed by atoms with Crippen molar-refractivity contribution in [2.75, 3.05) is 34.9 Å². The Bertz CT molecular complexity index is 636. The molecule has 0 spiro atoms. The molecule has 2 atom stereocenters. The molecule has 0 aliphatic carbocycles. The number of aldehydes is 1.